The van der Waals surface area contributed by atoms with Crippen molar-refractivity contribution in [1.29, 1.82) is 0 Å². The Kier molecular flexibility index (Phi) is 4.43. The highest BCUT2D eigenvalue weighted by Crippen LogP contribution is 2.15. The molecule has 0 aliphatic rings. The van der Waals surface area contributed by atoms with E-state index in [0.717, 1.165) is 4.47 Å². The summed E-state index contributed by atoms with van der Waals surface area (Å²) in [6, 6.07) is 11.9. The molecule has 0 saturated heterocycles. The standard InChI is InChI=1S/C17H11BrN2O3/c18-12-6-4-11(5-7-12)15(21)10-23-17(22)13-2-1-3-14-16(13)20-9-8-19-14/h1-9H,10H2. The Hall–Kier alpha value is -2.60. The molecule has 0 spiro atoms. The summed E-state index contributed by atoms with van der Waals surface area (Å²) in [4.78, 5) is 32.5. The zero-order valence-corrected chi connectivity index (χ0v) is 13.5. The maximum atomic E-state index is 12.2. The van der Waals surface area contributed by atoms with Crippen molar-refractivity contribution in [1.82, 2.24) is 9.97 Å². The van der Waals surface area contributed by atoms with E-state index in [9.17, 15) is 9.59 Å². The Morgan fingerprint density at radius 2 is 1.74 bits per heavy atom. The van der Waals surface area contributed by atoms with E-state index in [-0.39, 0.29) is 12.4 Å². The van der Waals surface area contributed by atoms with Crippen LogP contribution in [0.5, 0.6) is 0 Å². The van der Waals surface area contributed by atoms with Crippen LogP contribution >= 0.6 is 15.9 Å². The molecule has 0 atom stereocenters. The van der Waals surface area contributed by atoms with E-state index in [1.165, 1.54) is 6.20 Å². The molecule has 3 rings (SSSR count). The highest BCUT2D eigenvalue weighted by Gasteiger charge is 2.15. The summed E-state index contributed by atoms with van der Waals surface area (Å²) in [5, 5.41) is 0. The van der Waals surface area contributed by atoms with Gasteiger partial charge in [0, 0.05) is 22.4 Å². The van der Waals surface area contributed by atoms with Crippen LogP contribution in [-0.2, 0) is 4.74 Å². The van der Waals surface area contributed by atoms with Crippen LogP contribution in [0.3, 0.4) is 0 Å². The number of fused-ring (bicyclic) bond motifs is 1. The molecule has 0 amide bonds. The highest BCUT2D eigenvalue weighted by atomic mass is 79.9. The number of carbonyl (C=O) groups is 2. The van der Waals surface area contributed by atoms with Crippen molar-refractivity contribution < 1.29 is 14.3 Å². The number of ether oxygens (including phenoxy) is 1. The number of aromatic nitrogens is 2. The van der Waals surface area contributed by atoms with Gasteiger partial charge in [-0.05, 0) is 24.3 Å². The fourth-order valence-corrected chi connectivity index (χ4v) is 2.35. The van der Waals surface area contributed by atoms with Gasteiger partial charge in [0.2, 0.25) is 0 Å². The fourth-order valence-electron chi connectivity index (χ4n) is 2.09. The Balaban J connectivity index is 1.74. The van der Waals surface area contributed by atoms with Crippen LogP contribution in [0.25, 0.3) is 11.0 Å². The van der Waals surface area contributed by atoms with E-state index in [0.29, 0.717) is 22.2 Å². The molecular formula is C17H11BrN2O3. The highest BCUT2D eigenvalue weighted by molar-refractivity contribution is 9.10. The number of benzene rings is 2. The molecule has 1 aromatic heterocycles. The molecule has 0 saturated carbocycles. The van der Waals surface area contributed by atoms with Gasteiger partial charge < -0.3 is 4.74 Å². The molecule has 0 aliphatic heterocycles. The van der Waals surface area contributed by atoms with Gasteiger partial charge in [-0.25, -0.2) is 4.79 Å². The quantitative estimate of drug-likeness (QED) is 0.519. The van der Waals surface area contributed by atoms with E-state index >= 15 is 0 Å². The predicted octanol–water partition coefficient (Wildman–Crippen LogP) is 3.43. The number of nitrogens with zero attached hydrogens (tertiary/aromatic N) is 2. The van der Waals surface area contributed by atoms with Gasteiger partial charge in [0.25, 0.3) is 0 Å². The Morgan fingerprint density at radius 3 is 2.52 bits per heavy atom. The summed E-state index contributed by atoms with van der Waals surface area (Å²) in [5.74, 6) is -0.862. The lowest BCUT2D eigenvalue weighted by atomic mass is 10.1. The van der Waals surface area contributed by atoms with Crippen LogP contribution in [0.1, 0.15) is 20.7 Å². The predicted molar refractivity (Wildman–Crippen MR) is 88.3 cm³/mol. The van der Waals surface area contributed by atoms with Gasteiger partial charge in [-0.2, -0.15) is 0 Å². The molecule has 2 aromatic carbocycles. The second-order valence-electron chi connectivity index (χ2n) is 4.74. The number of hydrogen-bond acceptors (Lipinski definition) is 5. The molecule has 0 aliphatic carbocycles. The van der Waals surface area contributed by atoms with E-state index in [2.05, 4.69) is 25.9 Å². The van der Waals surface area contributed by atoms with E-state index in [4.69, 9.17) is 4.74 Å². The van der Waals surface area contributed by atoms with Crippen molar-refractivity contribution in [2.24, 2.45) is 0 Å². The largest absolute Gasteiger partial charge is 0.454 e. The summed E-state index contributed by atoms with van der Waals surface area (Å²) in [6.45, 7) is -0.322. The lowest BCUT2D eigenvalue weighted by molar-refractivity contribution is 0.0476. The molecule has 0 radical (unpaired) electrons. The second-order valence-corrected chi connectivity index (χ2v) is 5.65. The van der Waals surface area contributed by atoms with Crippen molar-refractivity contribution in [3.63, 3.8) is 0 Å². The number of hydrogen-bond donors (Lipinski definition) is 0. The van der Waals surface area contributed by atoms with E-state index in [1.807, 2.05) is 0 Å². The van der Waals surface area contributed by atoms with Gasteiger partial charge in [0.1, 0.15) is 5.52 Å². The smallest absolute Gasteiger partial charge is 0.340 e. The Morgan fingerprint density at radius 1 is 1.00 bits per heavy atom. The van der Waals surface area contributed by atoms with Crippen LogP contribution < -0.4 is 0 Å². The van der Waals surface area contributed by atoms with Gasteiger partial charge in [-0.1, -0.05) is 34.1 Å². The summed E-state index contributed by atoms with van der Waals surface area (Å²) in [7, 11) is 0. The minimum atomic E-state index is -0.596. The van der Waals surface area contributed by atoms with Crippen LogP contribution in [0, 0.1) is 0 Å². The Labute approximate surface area is 140 Å². The Bertz CT molecular complexity index is 873. The summed E-state index contributed by atoms with van der Waals surface area (Å²) >= 11 is 3.30. The van der Waals surface area contributed by atoms with Crippen LogP contribution in [0.15, 0.2) is 59.3 Å². The van der Waals surface area contributed by atoms with Crippen molar-refractivity contribution >= 4 is 38.7 Å². The first-order valence-corrected chi connectivity index (χ1v) is 7.60. The lowest BCUT2D eigenvalue weighted by Gasteiger charge is -2.06. The van der Waals surface area contributed by atoms with Gasteiger partial charge in [-0.15, -0.1) is 0 Å². The first-order valence-electron chi connectivity index (χ1n) is 6.81. The maximum Gasteiger partial charge on any atom is 0.340 e. The van der Waals surface area contributed by atoms with Crippen molar-refractivity contribution in [3.8, 4) is 0 Å². The lowest BCUT2D eigenvalue weighted by Crippen LogP contribution is -2.14. The van der Waals surface area contributed by atoms with Crippen LogP contribution in [0.4, 0.5) is 0 Å². The summed E-state index contributed by atoms with van der Waals surface area (Å²) < 4.78 is 5.99. The SMILES string of the molecule is O=C(COC(=O)c1cccc2nccnc12)c1ccc(Br)cc1. The average Bonchev–Trinajstić information content (AvgIpc) is 2.59. The monoisotopic (exact) mass is 370 g/mol. The number of para-hydroxylation sites is 1. The van der Waals surface area contributed by atoms with Gasteiger partial charge in [0.15, 0.2) is 12.4 Å². The first-order chi connectivity index (χ1) is 11.1. The van der Waals surface area contributed by atoms with E-state index < -0.39 is 5.97 Å². The first kappa shape index (κ1) is 15.3. The normalized spacial score (nSPS) is 10.5. The number of Topliss-reactive ketones (excluding diaryl/α,β-unsaturated/α-hetero) is 1. The number of halogens is 1. The van der Waals surface area contributed by atoms with E-state index in [1.54, 1.807) is 48.7 Å². The number of ketones is 1. The molecule has 6 heteroatoms. The molecular weight excluding hydrogens is 360 g/mol. The van der Waals surface area contributed by atoms with Crippen LogP contribution in [-0.4, -0.2) is 28.3 Å². The minimum absolute atomic E-state index is 0.267. The zero-order valence-electron chi connectivity index (χ0n) is 11.9. The molecule has 0 bridgehead atoms. The van der Waals surface area contributed by atoms with Crippen molar-refractivity contribution in [3.05, 3.63) is 70.5 Å². The molecule has 1 heterocycles. The zero-order chi connectivity index (χ0) is 16.2. The number of rotatable bonds is 4. The third-order valence-electron chi connectivity index (χ3n) is 3.22. The van der Waals surface area contributed by atoms with Gasteiger partial charge >= 0.3 is 5.97 Å². The van der Waals surface area contributed by atoms with Gasteiger partial charge in [-0.3, -0.25) is 14.8 Å². The fraction of sp³-hybridized carbons (Fsp3) is 0.0588. The van der Waals surface area contributed by atoms with Gasteiger partial charge in [0.05, 0.1) is 11.1 Å². The third-order valence-corrected chi connectivity index (χ3v) is 3.75. The minimum Gasteiger partial charge on any atom is -0.454 e. The molecule has 114 valence electrons. The van der Waals surface area contributed by atoms with Crippen LogP contribution in [0.2, 0.25) is 0 Å². The second kappa shape index (κ2) is 6.66. The summed E-state index contributed by atoms with van der Waals surface area (Å²) in [5.41, 5.74) is 1.83. The van der Waals surface area contributed by atoms with Crippen molar-refractivity contribution in [2.45, 2.75) is 0 Å². The number of esters is 1. The molecule has 0 unspecified atom stereocenters. The maximum absolute atomic E-state index is 12.2. The molecule has 3 aromatic rings. The third kappa shape index (κ3) is 3.43. The molecule has 0 N–H and O–H groups in total. The molecule has 23 heavy (non-hydrogen) atoms. The molecule has 0 fully saturated rings. The molecule has 5 nitrogen and oxygen atoms in total. The average molecular weight is 371 g/mol. The summed E-state index contributed by atoms with van der Waals surface area (Å²) in [6.07, 6.45) is 3.06. The number of carbonyl (C=O) groups excluding carboxylic acids is 2. The topological polar surface area (TPSA) is 69.2 Å². The van der Waals surface area contributed by atoms with Crippen molar-refractivity contribution in [2.75, 3.05) is 6.61 Å².